The van der Waals surface area contributed by atoms with Gasteiger partial charge in [-0.15, -0.1) is 0 Å². The van der Waals surface area contributed by atoms with Crippen molar-refractivity contribution in [3.8, 4) is 0 Å². The van der Waals surface area contributed by atoms with Crippen molar-refractivity contribution in [3.63, 3.8) is 0 Å². The molecular weight excluding hydrogens is 566 g/mol. The smallest absolute Gasteiger partial charge is 0.259 e. The lowest BCUT2D eigenvalue weighted by Crippen LogP contribution is -2.55. The van der Waals surface area contributed by atoms with Gasteiger partial charge in [0.2, 0.25) is 17.7 Å². The van der Waals surface area contributed by atoms with Crippen LogP contribution in [0, 0.1) is 23.7 Å². The molecule has 0 bridgehead atoms. The Kier molecular flexibility index (Phi) is 6.19. The van der Waals surface area contributed by atoms with Crippen LogP contribution in [0.1, 0.15) is 74.9 Å². The number of carbonyl (C=O) groups excluding carboxylic acids is 4. The van der Waals surface area contributed by atoms with Gasteiger partial charge in [-0.25, -0.2) is 0 Å². The number of aromatic nitrogens is 2. The molecule has 45 heavy (non-hydrogen) atoms. The molecule has 3 aliphatic heterocycles. The van der Waals surface area contributed by atoms with Crippen molar-refractivity contribution < 1.29 is 19.2 Å². The van der Waals surface area contributed by atoms with Crippen molar-refractivity contribution in [1.82, 2.24) is 20.0 Å². The summed E-state index contributed by atoms with van der Waals surface area (Å²) in [5.41, 5.74) is 5.80. The lowest BCUT2D eigenvalue weighted by atomic mass is 9.47. The van der Waals surface area contributed by atoms with E-state index >= 15 is 0 Å². The molecule has 3 fully saturated rings. The van der Waals surface area contributed by atoms with Gasteiger partial charge in [0, 0.05) is 48.7 Å². The van der Waals surface area contributed by atoms with Crippen LogP contribution in [-0.4, -0.2) is 57.4 Å². The maximum atomic E-state index is 13.5. The summed E-state index contributed by atoms with van der Waals surface area (Å²) in [7, 11) is 0. The van der Waals surface area contributed by atoms with E-state index in [1.165, 1.54) is 5.57 Å². The van der Waals surface area contributed by atoms with Gasteiger partial charge in [-0.1, -0.05) is 44.5 Å². The van der Waals surface area contributed by atoms with Crippen LogP contribution < -0.4 is 10.2 Å². The second-order valence-corrected chi connectivity index (χ2v) is 14.2. The number of piperidine rings is 2. The number of hydrogen-bond acceptors (Lipinski definition) is 5. The zero-order chi connectivity index (χ0) is 31.4. The van der Waals surface area contributed by atoms with E-state index in [0.29, 0.717) is 42.1 Å². The minimum absolute atomic E-state index is 0.171. The van der Waals surface area contributed by atoms with Crippen LogP contribution in [0.5, 0.6) is 0 Å². The molecule has 3 aromatic rings. The monoisotopic (exact) mass is 605 g/mol. The predicted octanol–water partition coefficient (Wildman–Crippen LogP) is 4.58. The molecule has 5 aliphatic rings. The molecule has 2 aromatic carbocycles. The van der Waals surface area contributed by atoms with Crippen LogP contribution in [-0.2, 0) is 26.3 Å². The van der Waals surface area contributed by atoms with Gasteiger partial charge in [-0.05, 0) is 78.5 Å². The molecule has 0 spiro atoms. The first kappa shape index (κ1) is 28.2. The van der Waals surface area contributed by atoms with E-state index in [9.17, 15) is 19.2 Å². The van der Waals surface area contributed by atoms with Gasteiger partial charge in [-0.2, -0.15) is 5.10 Å². The first-order valence-electron chi connectivity index (χ1n) is 16.4. The van der Waals surface area contributed by atoms with Gasteiger partial charge in [0.1, 0.15) is 6.04 Å². The fourth-order valence-corrected chi connectivity index (χ4v) is 8.89. The third-order valence-electron chi connectivity index (χ3n) is 11.8. The average Bonchev–Trinajstić information content (AvgIpc) is 3.61. The third-order valence-corrected chi connectivity index (χ3v) is 11.8. The maximum Gasteiger partial charge on any atom is 0.259 e. The molecule has 0 radical (unpaired) electrons. The van der Waals surface area contributed by atoms with Crippen LogP contribution in [0.4, 0.5) is 5.69 Å². The minimum atomic E-state index is -0.700. The Morgan fingerprint density at radius 1 is 1.04 bits per heavy atom. The molecule has 9 nitrogen and oxygen atoms in total. The van der Waals surface area contributed by atoms with Gasteiger partial charge < -0.3 is 4.90 Å². The topological polar surface area (TPSA) is 105 Å². The van der Waals surface area contributed by atoms with Crippen molar-refractivity contribution >= 4 is 40.1 Å². The number of fused-ring (bicyclic) bond motifs is 1. The molecule has 5 unspecified atom stereocenters. The predicted molar refractivity (Wildman–Crippen MR) is 169 cm³/mol. The summed E-state index contributed by atoms with van der Waals surface area (Å²) in [6.07, 6.45) is 6.94. The molecule has 1 aromatic heterocycles. The highest BCUT2D eigenvalue weighted by Gasteiger charge is 2.55. The molecule has 9 heteroatoms. The standard InChI is InChI=1S/C36H39N5O4/c1-19-20(2)30-29(19)21(3)31(30)35(45)39-14-12-36(4,13-15-39)40-18-22(17-37-40)16-23-8-9-26-32-24(23)6-5-7-25(32)34(44)41(26)27-10-11-28(42)38-33(27)43/h5-9,17-21,27,29H,10-16H2,1-4H3,(H,38,42,43). The zero-order valence-corrected chi connectivity index (χ0v) is 26.3. The minimum Gasteiger partial charge on any atom is -0.339 e. The fourth-order valence-electron chi connectivity index (χ4n) is 8.89. The summed E-state index contributed by atoms with van der Waals surface area (Å²) in [4.78, 5) is 55.0. The van der Waals surface area contributed by atoms with E-state index in [-0.39, 0.29) is 29.7 Å². The molecule has 1 N–H and O–H groups in total. The molecule has 8 rings (SSSR count). The van der Waals surface area contributed by atoms with E-state index in [1.54, 1.807) is 4.90 Å². The number of imide groups is 1. The molecule has 2 aliphatic carbocycles. The SMILES string of the molecule is CC1C2=C(C(=O)N3CCC(C)(n4cc(Cc5ccc6c7c(cccc57)C(=O)N6C5CCC(=O)NC5=O)cn4)CC3)C(C)C2C1C. The number of allylic oxidation sites excluding steroid dienone is 1. The Morgan fingerprint density at radius 3 is 2.58 bits per heavy atom. The van der Waals surface area contributed by atoms with Crippen molar-refractivity contribution in [2.75, 3.05) is 18.0 Å². The first-order valence-corrected chi connectivity index (χ1v) is 16.4. The molecule has 5 atom stereocenters. The number of benzene rings is 2. The van der Waals surface area contributed by atoms with E-state index in [0.717, 1.165) is 59.1 Å². The number of nitrogens with one attached hydrogen (secondary N) is 1. The lowest BCUT2D eigenvalue weighted by molar-refractivity contribution is -0.134. The number of likely N-dealkylation sites (tertiary alicyclic amines) is 1. The van der Waals surface area contributed by atoms with Crippen LogP contribution >= 0.6 is 0 Å². The number of rotatable bonds is 5. The van der Waals surface area contributed by atoms with Crippen LogP contribution in [0.15, 0.2) is 53.9 Å². The summed E-state index contributed by atoms with van der Waals surface area (Å²) < 4.78 is 2.08. The Morgan fingerprint density at radius 2 is 1.82 bits per heavy atom. The summed E-state index contributed by atoms with van der Waals surface area (Å²) in [5, 5.41) is 9.03. The third kappa shape index (κ3) is 4.01. The van der Waals surface area contributed by atoms with Crippen molar-refractivity contribution in [1.29, 1.82) is 0 Å². The summed E-state index contributed by atoms with van der Waals surface area (Å²) in [5.74, 6) is 1.53. The van der Waals surface area contributed by atoms with Gasteiger partial charge in [-0.3, -0.25) is 34.1 Å². The molecular formula is C36H39N5O4. The lowest BCUT2D eigenvalue weighted by Gasteiger charge is -2.57. The second-order valence-electron chi connectivity index (χ2n) is 14.2. The molecule has 1 saturated carbocycles. The molecule has 4 amide bonds. The van der Waals surface area contributed by atoms with Crippen molar-refractivity contribution in [3.05, 3.63) is 70.6 Å². The Bertz CT molecular complexity index is 1850. The van der Waals surface area contributed by atoms with E-state index in [4.69, 9.17) is 5.10 Å². The van der Waals surface area contributed by atoms with Crippen molar-refractivity contribution in [2.45, 2.75) is 71.4 Å². The number of amides is 4. The van der Waals surface area contributed by atoms with Gasteiger partial charge in [0.25, 0.3) is 5.91 Å². The molecule has 232 valence electrons. The molecule has 4 heterocycles. The van der Waals surface area contributed by atoms with Crippen molar-refractivity contribution in [2.24, 2.45) is 23.7 Å². The maximum absolute atomic E-state index is 13.5. The summed E-state index contributed by atoms with van der Waals surface area (Å²) in [6.45, 7) is 10.5. The highest BCUT2D eigenvalue weighted by molar-refractivity contribution is 6.27. The number of nitrogens with zero attached hydrogens (tertiary/aromatic N) is 4. The number of hydrogen-bond donors (Lipinski definition) is 1. The van der Waals surface area contributed by atoms with Crippen LogP contribution in [0.2, 0.25) is 0 Å². The van der Waals surface area contributed by atoms with Gasteiger partial charge in [0.05, 0.1) is 17.4 Å². The highest BCUT2D eigenvalue weighted by Crippen LogP contribution is 2.60. The van der Waals surface area contributed by atoms with E-state index in [1.807, 2.05) is 36.5 Å². The largest absolute Gasteiger partial charge is 0.339 e. The second kappa shape index (κ2) is 9.86. The Labute approximate surface area is 262 Å². The number of carbonyl (C=O) groups is 4. The van der Waals surface area contributed by atoms with E-state index < -0.39 is 11.9 Å². The fraction of sp³-hybridized carbons (Fsp3) is 0.472. The highest BCUT2D eigenvalue weighted by atomic mass is 16.2. The first-order chi connectivity index (χ1) is 21.6. The summed E-state index contributed by atoms with van der Waals surface area (Å²) >= 11 is 0. The Balaban J connectivity index is 0.993. The van der Waals surface area contributed by atoms with Gasteiger partial charge >= 0.3 is 0 Å². The normalized spacial score (nSPS) is 28.6. The molecule has 2 saturated heterocycles. The zero-order valence-electron chi connectivity index (χ0n) is 26.3. The van der Waals surface area contributed by atoms with E-state index in [2.05, 4.69) is 48.8 Å². The Hall–Kier alpha value is -4.27. The van der Waals surface area contributed by atoms with Crippen LogP contribution in [0.3, 0.4) is 0 Å². The average molecular weight is 606 g/mol. The van der Waals surface area contributed by atoms with Gasteiger partial charge in [0.15, 0.2) is 0 Å². The van der Waals surface area contributed by atoms with Crippen LogP contribution in [0.25, 0.3) is 10.8 Å². The quantitative estimate of drug-likeness (QED) is 0.429. The summed E-state index contributed by atoms with van der Waals surface area (Å²) in [6, 6.07) is 9.00. The number of anilines is 1.